The Kier molecular flexibility index (Phi) is 10.9. The maximum Gasteiger partial charge on any atom is 0.294 e. The van der Waals surface area contributed by atoms with Gasteiger partial charge in [-0.25, -0.2) is 0 Å². The first-order chi connectivity index (χ1) is 15.5. The predicted molar refractivity (Wildman–Crippen MR) is 133 cm³/mol. The number of unbranched alkanes of at least 4 members (excludes halogenated alkanes) is 2. The average molecular weight is 442 g/mol. The van der Waals surface area contributed by atoms with E-state index in [1.54, 1.807) is 0 Å². The van der Waals surface area contributed by atoms with Crippen LogP contribution in [0.3, 0.4) is 0 Å². The minimum Gasteiger partial charge on any atom is -0.489 e. The maximum atomic E-state index is 12.7. The van der Waals surface area contributed by atoms with Gasteiger partial charge in [-0.15, -0.1) is 0 Å². The number of rotatable bonds is 14. The van der Waals surface area contributed by atoms with Gasteiger partial charge < -0.3 is 19.2 Å². The SMILES string of the molecule is CCCCOc1c(OCCCC)c2ccc(OC/C=C(\C)CCC=C(C)C)cc2[nH]c1=O. The number of pyridine rings is 1. The monoisotopic (exact) mass is 441 g/mol. The smallest absolute Gasteiger partial charge is 0.294 e. The second-order valence-electron chi connectivity index (χ2n) is 8.41. The zero-order valence-electron chi connectivity index (χ0n) is 20.4. The summed E-state index contributed by atoms with van der Waals surface area (Å²) in [5, 5.41) is 0.827. The van der Waals surface area contributed by atoms with E-state index in [2.05, 4.69) is 51.8 Å². The van der Waals surface area contributed by atoms with E-state index in [-0.39, 0.29) is 11.3 Å². The lowest BCUT2D eigenvalue weighted by Gasteiger charge is -2.15. The molecule has 1 aromatic carbocycles. The Hall–Kier alpha value is -2.69. The number of aromatic amines is 1. The molecule has 2 aromatic rings. The van der Waals surface area contributed by atoms with Gasteiger partial charge in [0, 0.05) is 11.5 Å². The van der Waals surface area contributed by atoms with Gasteiger partial charge >= 0.3 is 0 Å². The Bertz CT molecular complexity index is 968. The van der Waals surface area contributed by atoms with Crippen LogP contribution in [0.2, 0.25) is 0 Å². The molecule has 0 spiro atoms. The van der Waals surface area contributed by atoms with E-state index in [1.807, 2.05) is 18.2 Å². The Morgan fingerprint density at radius 3 is 2.28 bits per heavy atom. The molecule has 0 amide bonds. The number of fused-ring (bicyclic) bond motifs is 1. The zero-order valence-corrected chi connectivity index (χ0v) is 20.4. The molecule has 176 valence electrons. The normalized spacial score (nSPS) is 11.5. The van der Waals surface area contributed by atoms with Crippen molar-refractivity contribution in [3.63, 3.8) is 0 Å². The van der Waals surface area contributed by atoms with Gasteiger partial charge in [0.15, 0.2) is 5.75 Å². The molecule has 1 N–H and O–H groups in total. The van der Waals surface area contributed by atoms with Crippen LogP contribution >= 0.6 is 0 Å². The van der Waals surface area contributed by atoms with E-state index >= 15 is 0 Å². The molecule has 0 saturated carbocycles. The van der Waals surface area contributed by atoms with Gasteiger partial charge in [-0.1, -0.05) is 43.9 Å². The van der Waals surface area contributed by atoms with Gasteiger partial charge in [0.1, 0.15) is 12.4 Å². The Balaban J connectivity index is 2.19. The minimum atomic E-state index is -0.271. The van der Waals surface area contributed by atoms with Crippen LogP contribution in [0.4, 0.5) is 0 Å². The van der Waals surface area contributed by atoms with Crippen LogP contribution in [0.5, 0.6) is 17.2 Å². The van der Waals surface area contributed by atoms with Crippen molar-refractivity contribution in [1.29, 1.82) is 0 Å². The summed E-state index contributed by atoms with van der Waals surface area (Å²) in [6.45, 7) is 12.1. The molecule has 2 rings (SSSR count). The summed E-state index contributed by atoms with van der Waals surface area (Å²) < 4.78 is 17.7. The number of aromatic nitrogens is 1. The molecule has 5 nitrogen and oxygen atoms in total. The lowest BCUT2D eigenvalue weighted by atomic mass is 10.1. The highest BCUT2D eigenvalue weighted by Crippen LogP contribution is 2.33. The van der Waals surface area contributed by atoms with E-state index in [0.717, 1.165) is 43.9 Å². The van der Waals surface area contributed by atoms with Crippen molar-refractivity contribution in [2.45, 2.75) is 73.1 Å². The average Bonchev–Trinajstić information content (AvgIpc) is 2.75. The van der Waals surface area contributed by atoms with Crippen LogP contribution in [0, 0.1) is 0 Å². The topological polar surface area (TPSA) is 60.6 Å². The molecule has 1 aromatic heterocycles. The fourth-order valence-electron chi connectivity index (χ4n) is 3.20. The van der Waals surface area contributed by atoms with Crippen molar-refractivity contribution in [2.75, 3.05) is 19.8 Å². The van der Waals surface area contributed by atoms with Crippen molar-refractivity contribution in [3.8, 4) is 17.2 Å². The van der Waals surface area contributed by atoms with Crippen LogP contribution < -0.4 is 19.8 Å². The highest BCUT2D eigenvalue weighted by atomic mass is 16.5. The third kappa shape index (κ3) is 8.10. The Labute approximate surface area is 192 Å². The summed E-state index contributed by atoms with van der Waals surface area (Å²) in [6.07, 6.45) is 10.3. The molecule has 0 fully saturated rings. The third-order valence-electron chi connectivity index (χ3n) is 5.16. The van der Waals surface area contributed by atoms with Gasteiger partial charge in [-0.3, -0.25) is 4.79 Å². The van der Waals surface area contributed by atoms with Crippen molar-refractivity contribution >= 4 is 10.9 Å². The standard InChI is InChI=1S/C27H39NO4/c1-6-8-16-31-25-23-14-13-22(30-18-15-21(5)12-10-11-20(3)4)19-24(23)28-27(29)26(25)32-17-9-7-2/h11,13-15,19H,6-10,12,16-18H2,1-5H3,(H,28,29)/b21-15+. The van der Waals surface area contributed by atoms with Crippen LogP contribution in [-0.4, -0.2) is 24.8 Å². The first-order valence-electron chi connectivity index (χ1n) is 11.8. The molecular formula is C27H39NO4. The van der Waals surface area contributed by atoms with Crippen molar-refractivity contribution in [1.82, 2.24) is 4.98 Å². The number of H-pyrrole nitrogens is 1. The zero-order chi connectivity index (χ0) is 23.3. The highest BCUT2D eigenvalue weighted by Gasteiger charge is 2.16. The molecule has 0 saturated heterocycles. The quantitative estimate of drug-likeness (QED) is 0.254. The van der Waals surface area contributed by atoms with Crippen molar-refractivity contribution < 1.29 is 14.2 Å². The molecule has 0 bridgehead atoms. The molecule has 32 heavy (non-hydrogen) atoms. The second kappa shape index (κ2) is 13.7. The highest BCUT2D eigenvalue weighted by molar-refractivity contribution is 5.88. The molecule has 0 radical (unpaired) electrons. The minimum absolute atomic E-state index is 0.269. The molecule has 0 aliphatic heterocycles. The number of ether oxygens (including phenoxy) is 3. The fraction of sp³-hybridized carbons (Fsp3) is 0.519. The van der Waals surface area contributed by atoms with Crippen LogP contribution in [0.1, 0.15) is 73.1 Å². The molecule has 1 heterocycles. The fourth-order valence-corrected chi connectivity index (χ4v) is 3.20. The molecule has 0 aliphatic rings. The summed E-state index contributed by atoms with van der Waals surface area (Å²) >= 11 is 0. The Morgan fingerprint density at radius 1 is 0.938 bits per heavy atom. The molecule has 0 atom stereocenters. The molecule has 0 unspecified atom stereocenters. The van der Waals surface area contributed by atoms with E-state index < -0.39 is 0 Å². The summed E-state index contributed by atoms with van der Waals surface area (Å²) in [7, 11) is 0. The summed E-state index contributed by atoms with van der Waals surface area (Å²) in [6, 6.07) is 5.70. The summed E-state index contributed by atoms with van der Waals surface area (Å²) in [5.41, 5.74) is 3.06. The van der Waals surface area contributed by atoms with Gasteiger partial charge in [0.2, 0.25) is 5.75 Å². The van der Waals surface area contributed by atoms with Crippen LogP contribution in [0.25, 0.3) is 10.9 Å². The summed E-state index contributed by atoms with van der Waals surface area (Å²) in [5.74, 6) is 1.50. The number of allylic oxidation sites excluding steroid dienone is 3. The van der Waals surface area contributed by atoms with Gasteiger partial charge in [0.05, 0.1) is 18.7 Å². The Morgan fingerprint density at radius 2 is 1.62 bits per heavy atom. The van der Waals surface area contributed by atoms with Crippen LogP contribution in [0.15, 0.2) is 46.3 Å². The van der Waals surface area contributed by atoms with Crippen LogP contribution in [-0.2, 0) is 0 Å². The number of hydrogen-bond donors (Lipinski definition) is 1. The van der Waals surface area contributed by atoms with Gasteiger partial charge in [-0.05, 0) is 64.7 Å². The maximum absolute atomic E-state index is 12.7. The number of hydrogen-bond acceptors (Lipinski definition) is 4. The van der Waals surface area contributed by atoms with E-state index in [9.17, 15) is 4.79 Å². The third-order valence-corrected chi connectivity index (χ3v) is 5.16. The van der Waals surface area contributed by atoms with Crippen molar-refractivity contribution in [2.24, 2.45) is 0 Å². The molecule has 5 heteroatoms. The lowest BCUT2D eigenvalue weighted by Crippen LogP contribution is -2.15. The second-order valence-corrected chi connectivity index (χ2v) is 8.41. The van der Waals surface area contributed by atoms with E-state index in [4.69, 9.17) is 14.2 Å². The van der Waals surface area contributed by atoms with Gasteiger partial charge in [0.25, 0.3) is 5.56 Å². The lowest BCUT2D eigenvalue weighted by molar-refractivity contribution is 0.261. The predicted octanol–water partition coefficient (Wildman–Crippen LogP) is 6.96. The molecular weight excluding hydrogens is 402 g/mol. The van der Waals surface area contributed by atoms with Gasteiger partial charge in [-0.2, -0.15) is 0 Å². The van der Waals surface area contributed by atoms with Crippen molar-refractivity contribution in [3.05, 3.63) is 51.9 Å². The van der Waals surface area contributed by atoms with E-state index in [0.29, 0.717) is 36.8 Å². The number of nitrogens with one attached hydrogen (secondary N) is 1. The first-order valence-corrected chi connectivity index (χ1v) is 11.8. The largest absolute Gasteiger partial charge is 0.489 e. The van der Waals surface area contributed by atoms with E-state index in [1.165, 1.54) is 11.1 Å². The number of benzene rings is 1. The summed E-state index contributed by atoms with van der Waals surface area (Å²) in [4.78, 5) is 15.7. The molecule has 0 aliphatic carbocycles. The first kappa shape index (κ1) is 25.6.